The molecular weight excluding hydrogens is 214 g/mol. The molecule has 1 N–H and O–H groups in total. The normalized spacial score (nSPS) is 22.0. The monoisotopic (exact) mass is 227 g/mol. The average molecular weight is 227 g/mol. The van der Waals surface area contributed by atoms with Gasteiger partial charge in [0.2, 0.25) is 11.8 Å². The number of piperazine rings is 1. The smallest absolute Gasteiger partial charge is 0.321 e. The Morgan fingerprint density at radius 1 is 1.06 bits per heavy atom. The zero-order valence-electron chi connectivity index (χ0n) is 8.77. The molecule has 4 amide bonds. The maximum Gasteiger partial charge on any atom is 0.321 e. The molecule has 2 heterocycles. The first kappa shape index (κ1) is 10.9. The van der Waals surface area contributed by atoms with Gasteiger partial charge in [0, 0.05) is 13.1 Å². The third kappa shape index (κ3) is 2.30. The molecule has 2 rings (SSSR count). The number of carbonyl (C=O) groups excluding carboxylic acids is 3. The molecule has 0 aliphatic carbocycles. The number of urea groups is 1. The largest absolute Gasteiger partial charge is 0.378 e. The lowest BCUT2D eigenvalue weighted by Gasteiger charge is -2.33. The van der Waals surface area contributed by atoms with Crippen LogP contribution in [0.4, 0.5) is 4.79 Å². The molecule has 2 aliphatic rings. The summed E-state index contributed by atoms with van der Waals surface area (Å²) in [7, 11) is 0. The number of carbonyl (C=O) groups is 3. The van der Waals surface area contributed by atoms with Crippen LogP contribution in [0.3, 0.4) is 0 Å². The van der Waals surface area contributed by atoms with Crippen molar-refractivity contribution in [1.82, 2.24) is 15.1 Å². The van der Waals surface area contributed by atoms with Gasteiger partial charge in [-0.05, 0) is 0 Å². The molecule has 16 heavy (non-hydrogen) atoms. The van der Waals surface area contributed by atoms with Crippen molar-refractivity contribution in [2.45, 2.75) is 0 Å². The van der Waals surface area contributed by atoms with Crippen molar-refractivity contribution in [3.05, 3.63) is 0 Å². The van der Waals surface area contributed by atoms with E-state index < -0.39 is 11.8 Å². The third-order valence-electron chi connectivity index (χ3n) is 2.50. The van der Waals surface area contributed by atoms with E-state index in [0.717, 1.165) is 0 Å². The quantitative estimate of drug-likeness (QED) is 0.505. The average Bonchev–Trinajstić information content (AvgIpc) is 2.28. The summed E-state index contributed by atoms with van der Waals surface area (Å²) < 4.78 is 5.12. The number of hydrogen-bond acceptors (Lipinski definition) is 4. The van der Waals surface area contributed by atoms with E-state index in [2.05, 4.69) is 5.32 Å². The number of nitrogens with one attached hydrogen (secondary N) is 1. The summed E-state index contributed by atoms with van der Waals surface area (Å²) in [5.41, 5.74) is 0. The molecule has 0 aromatic carbocycles. The molecule has 7 nitrogen and oxygen atoms in total. The van der Waals surface area contributed by atoms with Crippen LogP contribution in [0.1, 0.15) is 0 Å². The molecular formula is C9H13N3O4. The number of imide groups is 1. The van der Waals surface area contributed by atoms with Gasteiger partial charge in [-0.15, -0.1) is 0 Å². The fourth-order valence-corrected chi connectivity index (χ4v) is 1.73. The SMILES string of the molecule is O=C1CN(C(=O)N2CCOCC2)CC(=O)N1. The molecule has 88 valence electrons. The Labute approximate surface area is 92.3 Å². The standard InChI is InChI=1S/C9H13N3O4/c13-7-5-12(6-8(14)10-7)9(15)11-1-3-16-4-2-11/h1-6H2,(H,10,13,14). The Balaban J connectivity index is 1.97. The summed E-state index contributed by atoms with van der Waals surface area (Å²) in [5, 5.41) is 2.15. The zero-order chi connectivity index (χ0) is 11.5. The van der Waals surface area contributed by atoms with Gasteiger partial charge in [-0.2, -0.15) is 0 Å². The summed E-state index contributed by atoms with van der Waals surface area (Å²) in [6, 6.07) is -0.272. The highest BCUT2D eigenvalue weighted by atomic mass is 16.5. The van der Waals surface area contributed by atoms with Gasteiger partial charge in [0.25, 0.3) is 0 Å². The van der Waals surface area contributed by atoms with Crippen LogP contribution >= 0.6 is 0 Å². The fraction of sp³-hybridized carbons (Fsp3) is 0.667. The second-order valence-corrected chi connectivity index (χ2v) is 3.71. The van der Waals surface area contributed by atoms with E-state index in [9.17, 15) is 14.4 Å². The van der Waals surface area contributed by atoms with Crippen molar-refractivity contribution in [3.8, 4) is 0 Å². The second-order valence-electron chi connectivity index (χ2n) is 3.71. The van der Waals surface area contributed by atoms with Crippen LogP contribution in [0.25, 0.3) is 0 Å². The number of rotatable bonds is 0. The summed E-state index contributed by atoms with van der Waals surface area (Å²) in [6.07, 6.45) is 0. The van der Waals surface area contributed by atoms with Crippen LogP contribution in [-0.4, -0.2) is 67.0 Å². The van der Waals surface area contributed by atoms with Gasteiger partial charge in [0.05, 0.1) is 13.2 Å². The van der Waals surface area contributed by atoms with E-state index in [1.54, 1.807) is 4.90 Å². The minimum atomic E-state index is -0.433. The lowest BCUT2D eigenvalue weighted by molar-refractivity contribution is -0.135. The molecule has 0 unspecified atom stereocenters. The first-order chi connectivity index (χ1) is 7.66. The van der Waals surface area contributed by atoms with Gasteiger partial charge < -0.3 is 14.5 Å². The molecule has 0 atom stereocenters. The Morgan fingerprint density at radius 3 is 2.19 bits per heavy atom. The predicted molar refractivity (Wildman–Crippen MR) is 52.5 cm³/mol. The summed E-state index contributed by atoms with van der Waals surface area (Å²) >= 11 is 0. The van der Waals surface area contributed by atoms with Crippen molar-refractivity contribution in [2.75, 3.05) is 39.4 Å². The minimum Gasteiger partial charge on any atom is -0.378 e. The van der Waals surface area contributed by atoms with Gasteiger partial charge in [-0.1, -0.05) is 0 Å². The second kappa shape index (κ2) is 4.48. The number of amides is 4. The highest BCUT2D eigenvalue weighted by molar-refractivity contribution is 6.02. The van der Waals surface area contributed by atoms with E-state index in [-0.39, 0.29) is 19.1 Å². The Morgan fingerprint density at radius 2 is 1.62 bits per heavy atom. The molecule has 0 radical (unpaired) electrons. The number of morpholine rings is 1. The van der Waals surface area contributed by atoms with Crippen LogP contribution in [0.2, 0.25) is 0 Å². The molecule has 0 aromatic heterocycles. The van der Waals surface area contributed by atoms with E-state index in [1.165, 1.54) is 4.90 Å². The summed E-state index contributed by atoms with van der Waals surface area (Å²) in [6.45, 7) is 1.90. The maximum atomic E-state index is 11.9. The van der Waals surface area contributed by atoms with E-state index >= 15 is 0 Å². The van der Waals surface area contributed by atoms with Crippen molar-refractivity contribution in [3.63, 3.8) is 0 Å². The predicted octanol–water partition coefficient (Wildman–Crippen LogP) is -1.60. The van der Waals surface area contributed by atoms with Crippen LogP contribution in [0.15, 0.2) is 0 Å². The summed E-state index contributed by atoms with van der Waals surface area (Å²) in [5.74, 6) is -0.865. The van der Waals surface area contributed by atoms with Gasteiger partial charge in [0.1, 0.15) is 13.1 Å². The first-order valence-corrected chi connectivity index (χ1v) is 5.11. The first-order valence-electron chi connectivity index (χ1n) is 5.11. The van der Waals surface area contributed by atoms with Crippen LogP contribution < -0.4 is 5.32 Å². The van der Waals surface area contributed by atoms with Crippen molar-refractivity contribution in [1.29, 1.82) is 0 Å². The molecule has 0 saturated carbocycles. The molecule has 0 spiro atoms. The van der Waals surface area contributed by atoms with Crippen molar-refractivity contribution >= 4 is 17.8 Å². The van der Waals surface area contributed by atoms with Gasteiger partial charge in [-0.3, -0.25) is 14.9 Å². The number of hydrogen-bond donors (Lipinski definition) is 1. The fourth-order valence-electron chi connectivity index (χ4n) is 1.73. The molecule has 2 aliphatic heterocycles. The van der Waals surface area contributed by atoms with E-state index in [4.69, 9.17) is 4.74 Å². The van der Waals surface area contributed by atoms with Crippen LogP contribution in [0, 0.1) is 0 Å². The van der Waals surface area contributed by atoms with Crippen LogP contribution in [-0.2, 0) is 14.3 Å². The molecule has 0 aromatic rings. The minimum absolute atomic E-state index is 0.0536. The maximum absolute atomic E-state index is 11.9. The van der Waals surface area contributed by atoms with Gasteiger partial charge in [-0.25, -0.2) is 4.79 Å². The zero-order valence-corrected chi connectivity index (χ0v) is 8.77. The Kier molecular flexibility index (Phi) is 3.04. The van der Waals surface area contributed by atoms with Crippen molar-refractivity contribution < 1.29 is 19.1 Å². The van der Waals surface area contributed by atoms with Gasteiger partial charge in [0.15, 0.2) is 0 Å². The molecule has 7 heteroatoms. The summed E-state index contributed by atoms with van der Waals surface area (Å²) in [4.78, 5) is 37.0. The molecule has 2 saturated heterocycles. The molecule has 2 fully saturated rings. The third-order valence-corrected chi connectivity index (χ3v) is 2.50. The Hall–Kier alpha value is -1.63. The van der Waals surface area contributed by atoms with E-state index in [0.29, 0.717) is 26.3 Å². The lowest BCUT2D eigenvalue weighted by Crippen LogP contribution is -2.57. The van der Waals surface area contributed by atoms with Crippen LogP contribution in [0.5, 0.6) is 0 Å². The molecule has 0 bridgehead atoms. The van der Waals surface area contributed by atoms with Gasteiger partial charge >= 0.3 is 6.03 Å². The Bertz CT molecular complexity index is 309. The van der Waals surface area contributed by atoms with E-state index in [1.807, 2.05) is 0 Å². The topological polar surface area (TPSA) is 79.0 Å². The highest BCUT2D eigenvalue weighted by Gasteiger charge is 2.30. The highest BCUT2D eigenvalue weighted by Crippen LogP contribution is 2.05. The number of ether oxygens (including phenoxy) is 1. The lowest BCUT2D eigenvalue weighted by atomic mass is 10.3. The van der Waals surface area contributed by atoms with Crippen molar-refractivity contribution in [2.24, 2.45) is 0 Å². The number of nitrogens with zero attached hydrogens (tertiary/aromatic N) is 2.